The number of amides is 4. The van der Waals surface area contributed by atoms with Crippen LogP contribution in [0, 0.1) is 6.92 Å². The first kappa shape index (κ1) is 17.8. The average Bonchev–Trinajstić information content (AvgIpc) is 2.88. The number of hydrogen-bond donors (Lipinski definition) is 2. The number of nitrogens with one attached hydrogen (secondary N) is 2. The van der Waals surface area contributed by atoms with Crippen molar-refractivity contribution in [2.24, 2.45) is 4.99 Å². The fourth-order valence-corrected chi connectivity index (χ4v) is 3.36. The number of amidine groups is 1. The van der Waals surface area contributed by atoms with Crippen LogP contribution in [0.4, 0.5) is 5.69 Å². The van der Waals surface area contributed by atoms with Crippen molar-refractivity contribution in [3.8, 4) is 0 Å². The molecule has 9 heteroatoms. The monoisotopic (exact) mass is 350 g/mol. The fraction of sp³-hybridized carbons (Fsp3) is 0.400. The summed E-state index contributed by atoms with van der Waals surface area (Å²) in [6.45, 7) is 3.85. The summed E-state index contributed by atoms with van der Waals surface area (Å²) >= 11 is 1.45. The molecule has 1 atom stereocenters. The van der Waals surface area contributed by atoms with Gasteiger partial charge in [-0.25, -0.2) is 4.99 Å². The molecule has 2 heterocycles. The van der Waals surface area contributed by atoms with E-state index in [4.69, 9.17) is 0 Å². The van der Waals surface area contributed by atoms with E-state index in [1.54, 1.807) is 6.92 Å². The molecular weight excluding hydrogens is 332 g/mol. The third-order valence-corrected chi connectivity index (χ3v) is 4.76. The highest BCUT2D eigenvalue weighted by molar-refractivity contribution is 7.10. The minimum Gasteiger partial charge on any atom is -0.354 e. The number of rotatable bonds is 6. The number of nitrogens with zero attached hydrogens (tertiary/aromatic N) is 2. The van der Waals surface area contributed by atoms with Gasteiger partial charge in [-0.3, -0.25) is 29.4 Å². The molecular formula is C15H18N4O4S. The third kappa shape index (κ3) is 3.85. The number of imide groups is 1. The molecule has 1 aliphatic heterocycles. The van der Waals surface area contributed by atoms with E-state index >= 15 is 0 Å². The van der Waals surface area contributed by atoms with Gasteiger partial charge in [0.1, 0.15) is 11.9 Å². The van der Waals surface area contributed by atoms with Crippen molar-refractivity contribution in [3.05, 3.63) is 15.8 Å². The molecule has 0 spiro atoms. The molecule has 1 unspecified atom stereocenters. The second-order valence-electron chi connectivity index (χ2n) is 5.33. The Labute approximate surface area is 142 Å². The molecule has 2 N–H and O–H groups in total. The number of aryl methyl sites for hydroxylation is 1. The molecule has 1 fully saturated rings. The zero-order chi connectivity index (χ0) is 17.7. The van der Waals surface area contributed by atoms with Crippen molar-refractivity contribution in [3.63, 3.8) is 0 Å². The van der Waals surface area contributed by atoms with Crippen molar-refractivity contribution in [1.82, 2.24) is 15.5 Å². The molecule has 0 saturated carbocycles. The lowest BCUT2D eigenvalue weighted by atomic mass is 10.0. The summed E-state index contributed by atoms with van der Waals surface area (Å²) in [5, 5.41) is 6.72. The highest BCUT2D eigenvalue weighted by Crippen LogP contribution is 2.31. The summed E-state index contributed by atoms with van der Waals surface area (Å²) in [5.41, 5.74) is 1.59. The molecule has 8 nitrogen and oxygen atoms in total. The van der Waals surface area contributed by atoms with Gasteiger partial charge in [-0.2, -0.15) is 0 Å². The molecule has 1 aliphatic rings. The van der Waals surface area contributed by atoms with E-state index in [9.17, 15) is 19.2 Å². The van der Waals surface area contributed by atoms with Gasteiger partial charge in [0.15, 0.2) is 0 Å². The van der Waals surface area contributed by atoms with Crippen LogP contribution in [0.1, 0.15) is 30.2 Å². The van der Waals surface area contributed by atoms with Crippen LogP contribution in [0.25, 0.3) is 0 Å². The number of thiophene rings is 1. The minimum atomic E-state index is -0.751. The Kier molecular flexibility index (Phi) is 5.80. The van der Waals surface area contributed by atoms with Crippen LogP contribution in [-0.4, -0.2) is 41.4 Å². The van der Waals surface area contributed by atoms with E-state index < -0.39 is 11.9 Å². The Morgan fingerprint density at radius 2 is 2.25 bits per heavy atom. The summed E-state index contributed by atoms with van der Waals surface area (Å²) in [6, 6.07) is -0.751. The molecule has 1 aromatic rings. The molecule has 0 aromatic carbocycles. The van der Waals surface area contributed by atoms with Gasteiger partial charge in [0, 0.05) is 11.3 Å². The molecule has 1 aromatic heterocycles. The highest BCUT2D eigenvalue weighted by atomic mass is 32.1. The Hall–Kier alpha value is -2.55. The quantitative estimate of drug-likeness (QED) is 0.339. The van der Waals surface area contributed by atoms with Crippen molar-refractivity contribution in [2.45, 2.75) is 39.3 Å². The lowest BCUT2D eigenvalue weighted by Crippen LogP contribution is -2.53. The molecule has 24 heavy (non-hydrogen) atoms. The van der Waals surface area contributed by atoms with Gasteiger partial charge in [0.05, 0.1) is 12.2 Å². The summed E-state index contributed by atoms with van der Waals surface area (Å²) in [4.78, 5) is 51.7. The summed E-state index contributed by atoms with van der Waals surface area (Å²) in [6.07, 6.45) is 1.60. The van der Waals surface area contributed by atoms with Crippen molar-refractivity contribution < 1.29 is 19.2 Å². The number of carbonyl (C=O) groups is 4. The van der Waals surface area contributed by atoms with Crippen LogP contribution in [0.2, 0.25) is 0 Å². The smallest absolute Gasteiger partial charge is 0.249 e. The second kappa shape index (κ2) is 7.82. The Balaban J connectivity index is 2.26. The topological polar surface area (TPSA) is 108 Å². The van der Waals surface area contributed by atoms with E-state index in [-0.39, 0.29) is 18.7 Å². The predicted octanol–water partition coefficient (Wildman–Crippen LogP) is 0.616. The summed E-state index contributed by atoms with van der Waals surface area (Å²) < 4.78 is 0. The van der Waals surface area contributed by atoms with Crippen LogP contribution in [0.3, 0.4) is 0 Å². The summed E-state index contributed by atoms with van der Waals surface area (Å²) in [5.74, 6) is -0.487. The summed E-state index contributed by atoms with van der Waals surface area (Å²) in [7, 11) is 0. The molecule has 2 rings (SSSR count). The van der Waals surface area contributed by atoms with E-state index in [1.165, 1.54) is 16.2 Å². The van der Waals surface area contributed by atoms with Gasteiger partial charge in [-0.15, -0.1) is 11.3 Å². The maximum Gasteiger partial charge on any atom is 0.249 e. The van der Waals surface area contributed by atoms with Gasteiger partial charge in [0.2, 0.25) is 24.6 Å². The largest absolute Gasteiger partial charge is 0.354 e. The van der Waals surface area contributed by atoms with Crippen molar-refractivity contribution in [2.75, 3.05) is 0 Å². The second-order valence-corrected chi connectivity index (χ2v) is 6.29. The lowest BCUT2D eigenvalue weighted by Gasteiger charge is -2.29. The van der Waals surface area contributed by atoms with E-state index in [1.807, 2.05) is 12.3 Å². The highest BCUT2D eigenvalue weighted by Gasteiger charge is 2.32. The standard InChI is InChI=1S/C15H18N4O4S/c1-9-6-24-12(5-16-7-20)14(9)17-10(2)19(8-21)11-3-4-13(22)18-15(11)23/h6-8,11H,3-5H2,1-2H3,(H,16,20)(H,18,22,23). The van der Waals surface area contributed by atoms with E-state index in [2.05, 4.69) is 15.6 Å². The first-order chi connectivity index (χ1) is 11.5. The van der Waals surface area contributed by atoms with Crippen LogP contribution >= 0.6 is 11.3 Å². The van der Waals surface area contributed by atoms with Crippen molar-refractivity contribution in [1.29, 1.82) is 0 Å². The van der Waals surface area contributed by atoms with Crippen LogP contribution in [-0.2, 0) is 25.7 Å². The Morgan fingerprint density at radius 1 is 1.50 bits per heavy atom. The Bertz CT molecular complexity index is 698. The lowest BCUT2D eigenvalue weighted by molar-refractivity contribution is -0.138. The Morgan fingerprint density at radius 3 is 2.88 bits per heavy atom. The van der Waals surface area contributed by atoms with E-state index in [0.29, 0.717) is 30.9 Å². The number of carbonyl (C=O) groups excluding carboxylic acids is 4. The first-order valence-corrected chi connectivity index (χ1v) is 8.22. The van der Waals surface area contributed by atoms with E-state index in [0.717, 1.165) is 10.4 Å². The average molecular weight is 350 g/mol. The molecule has 1 saturated heterocycles. The zero-order valence-electron chi connectivity index (χ0n) is 13.4. The first-order valence-electron chi connectivity index (χ1n) is 7.34. The molecule has 4 amide bonds. The van der Waals surface area contributed by atoms with Crippen LogP contribution in [0.15, 0.2) is 10.4 Å². The fourth-order valence-electron chi connectivity index (χ4n) is 2.44. The van der Waals surface area contributed by atoms with Gasteiger partial charge >= 0.3 is 0 Å². The van der Waals surface area contributed by atoms with Gasteiger partial charge in [-0.05, 0) is 31.2 Å². The van der Waals surface area contributed by atoms with Gasteiger partial charge in [-0.1, -0.05) is 0 Å². The van der Waals surface area contributed by atoms with Gasteiger partial charge in [0.25, 0.3) is 0 Å². The van der Waals surface area contributed by atoms with Crippen LogP contribution in [0.5, 0.6) is 0 Å². The van der Waals surface area contributed by atoms with Crippen LogP contribution < -0.4 is 10.6 Å². The molecule has 0 aliphatic carbocycles. The maximum atomic E-state index is 12.0. The van der Waals surface area contributed by atoms with Crippen molar-refractivity contribution >= 4 is 47.5 Å². The number of aliphatic imine (C=N–C) groups is 1. The van der Waals surface area contributed by atoms with Gasteiger partial charge < -0.3 is 5.32 Å². The SMILES string of the molecule is CC(=Nc1c(C)csc1CNC=O)N(C=O)C1CCC(=O)NC1=O. The third-order valence-electron chi connectivity index (χ3n) is 3.67. The maximum absolute atomic E-state index is 12.0. The molecule has 0 radical (unpaired) electrons. The number of piperidine rings is 1. The molecule has 0 bridgehead atoms. The minimum absolute atomic E-state index is 0.181. The number of hydrogen-bond acceptors (Lipinski definition) is 6. The zero-order valence-corrected chi connectivity index (χ0v) is 14.2. The predicted molar refractivity (Wildman–Crippen MR) is 88.8 cm³/mol. The normalized spacial score (nSPS) is 18.1. The molecule has 128 valence electrons.